The van der Waals surface area contributed by atoms with E-state index in [1.165, 1.54) is 11.0 Å². The normalized spacial score (nSPS) is 18.2. The smallest absolute Gasteiger partial charge is 0.281 e. The first-order valence-electron chi connectivity index (χ1n) is 10.7. The van der Waals surface area contributed by atoms with Crippen molar-refractivity contribution in [1.82, 2.24) is 10.2 Å². The van der Waals surface area contributed by atoms with Crippen LogP contribution in [0.4, 0.5) is 5.69 Å². The average molecular weight is 418 g/mol. The number of carbonyl (C=O) groups excluding carboxylic acids is 3. The number of amides is 3. The molecule has 2 aliphatic rings. The summed E-state index contributed by atoms with van der Waals surface area (Å²) in [5.74, 6) is -0.199. The minimum Gasteiger partial charge on any atom is -0.367 e. The van der Waals surface area contributed by atoms with Crippen LogP contribution in [0, 0.1) is 5.92 Å². The molecule has 2 aliphatic heterocycles. The van der Waals surface area contributed by atoms with E-state index in [4.69, 9.17) is 0 Å². The van der Waals surface area contributed by atoms with Gasteiger partial charge in [-0.15, -0.1) is 0 Å². The highest BCUT2D eigenvalue weighted by molar-refractivity contribution is 6.30. The number of hydrogen-bond acceptors (Lipinski definition) is 4. The Labute approximate surface area is 182 Å². The van der Waals surface area contributed by atoms with Crippen molar-refractivity contribution >= 4 is 23.4 Å². The van der Waals surface area contributed by atoms with E-state index in [0.29, 0.717) is 22.9 Å². The molecular formula is C25H27N3O3. The number of likely N-dealkylation sites (tertiary alicyclic amines) is 1. The van der Waals surface area contributed by atoms with Crippen molar-refractivity contribution in [2.45, 2.75) is 32.7 Å². The van der Waals surface area contributed by atoms with Gasteiger partial charge in [0.2, 0.25) is 0 Å². The zero-order valence-electron chi connectivity index (χ0n) is 17.9. The summed E-state index contributed by atoms with van der Waals surface area (Å²) < 4.78 is 0. The largest absolute Gasteiger partial charge is 0.367 e. The number of carbonyl (C=O) groups is 3. The van der Waals surface area contributed by atoms with Gasteiger partial charge in [0.1, 0.15) is 5.70 Å². The maximum atomic E-state index is 12.9. The van der Waals surface area contributed by atoms with Gasteiger partial charge in [0.05, 0.1) is 11.7 Å². The molecule has 0 radical (unpaired) electrons. The Balaban J connectivity index is 1.43. The van der Waals surface area contributed by atoms with Gasteiger partial charge in [0.15, 0.2) is 0 Å². The number of piperidine rings is 1. The Hall–Kier alpha value is -3.41. The summed E-state index contributed by atoms with van der Waals surface area (Å²) >= 11 is 0. The number of nitrogens with zero attached hydrogens (tertiary/aromatic N) is 2. The van der Waals surface area contributed by atoms with Crippen molar-refractivity contribution in [3.8, 4) is 0 Å². The number of anilines is 1. The lowest BCUT2D eigenvalue weighted by Crippen LogP contribution is -2.38. The van der Waals surface area contributed by atoms with Crippen LogP contribution in [0.5, 0.6) is 0 Å². The molecule has 0 unspecified atom stereocenters. The van der Waals surface area contributed by atoms with Crippen LogP contribution in [0.15, 0.2) is 66.4 Å². The van der Waals surface area contributed by atoms with Crippen LogP contribution < -0.4 is 10.2 Å². The van der Waals surface area contributed by atoms with Gasteiger partial charge in [-0.3, -0.25) is 14.4 Å². The Bertz CT molecular complexity index is 1010. The molecular weight excluding hydrogens is 390 g/mol. The minimum atomic E-state index is -0.339. The highest BCUT2D eigenvalue weighted by Gasteiger charge is 2.36. The van der Waals surface area contributed by atoms with Crippen LogP contribution in [0.2, 0.25) is 0 Å². The van der Waals surface area contributed by atoms with Gasteiger partial charge in [-0.25, -0.2) is 4.90 Å². The van der Waals surface area contributed by atoms with Crippen molar-refractivity contribution in [3.63, 3.8) is 0 Å². The van der Waals surface area contributed by atoms with E-state index in [1.807, 2.05) is 42.2 Å². The molecule has 31 heavy (non-hydrogen) atoms. The quantitative estimate of drug-likeness (QED) is 0.754. The summed E-state index contributed by atoms with van der Waals surface area (Å²) in [5.41, 5.74) is 2.44. The molecule has 0 aliphatic carbocycles. The van der Waals surface area contributed by atoms with Crippen molar-refractivity contribution in [1.29, 1.82) is 0 Å². The van der Waals surface area contributed by atoms with Gasteiger partial charge in [-0.1, -0.05) is 37.3 Å². The van der Waals surface area contributed by atoms with E-state index >= 15 is 0 Å². The topological polar surface area (TPSA) is 69.7 Å². The van der Waals surface area contributed by atoms with Gasteiger partial charge < -0.3 is 10.2 Å². The summed E-state index contributed by atoms with van der Waals surface area (Å²) in [4.78, 5) is 41.3. The third-order valence-electron chi connectivity index (χ3n) is 6.06. The molecule has 1 atom stereocenters. The summed E-state index contributed by atoms with van der Waals surface area (Å²) in [6.07, 6.45) is 3.47. The molecule has 2 heterocycles. The van der Waals surface area contributed by atoms with Gasteiger partial charge in [-0.2, -0.15) is 0 Å². The van der Waals surface area contributed by atoms with E-state index in [-0.39, 0.29) is 23.8 Å². The zero-order chi connectivity index (χ0) is 22.0. The molecule has 0 bridgehead atoms. The molecule has 1 N–H and O–H groups in total. The number of imide groups is 1. The number of hydrogen-bond donors (Lipinski definition) is 1. The predicted molar refractivity (Wildman–Crippen MR) is 119 cm³/mol. The van der Waals surface area contributed by atoms with Crippen LogP contribution in [0.3, 0.4) is 0 Å². The monoisotopic (exact) mass is 417 g/mol. The summed E-state index contributed by atoms with van der Waals surface area (Å²) in [6.45, 7) is 5.72. The van der Waals surface area contributed by atoms with Crippen LogP contribution >= 0.6 is 0 Å². The second kappa shape index (κ2) is 8.76. The molecule has 2 aromatic rings. The first kappa shape index (κ1) is 20.8. The summed E-state index contributed by atoms with van der Waals surface area (Å²) in [6, 6.07) is 16.2. The fourth-order valence-electron chi connectivity index (χ4n) is 4.05. The fourth-order valence-corrected chi connectivity index (χ4v) is 4.05. The molecule has 6 nitrogen and oxygen atoms in total. The molecule has 1 saturated heterocycles. The first-order valence-corrected chi connectivity index (χ1v) is 10.7. The highest BCUT2D eigenvalue weighted by Crippen LogP contribution is 2.28. The number of rotatable bonds is 5. The maximum absolute atomic E-state index is 12.9. The van der Waals surface area contributed by atoms with E-state index in [0.717, 1.165) is 31.5 Å². The van der Waals surface area contributed by atoms with Gasteiger partial charge in [0.25, 0.3) is 17.7 Å². The maximum Gasteiger partial charge on any atom is 0.281 e. The summed E-state index contributed by atoms with van der Waals surface area (Å²) in [7, 11) is 0. The van der Waals surface area contributed by atoms with E-state index in [2.05, 4.69) is 12.2 Å². The van der Waals surface area contributed by atoms with Crippen LogP contribution in [0.1, 0.15) is 48.7 Å². The predicted octanol–water partition coefficient (Wildman–Crippen LogP) is 3.67. The highest BCUT2D eigenvalue weighted by atomic mass is 16.2. The van der Waals surface area contributed by atoms with Crippen LogP contribution in [-0.4, -0.2) is 35.7 Å². The Kier molecular flexibility index (Phi) is 5.89. The lowest BCUT2D eigenvalue weighted by atomic mass is 9.99. The minimum absolute atomic E-state index is 0.130. The first-order chi connectivity index (χ1) is 14.9. The number of benzene rings is 2. The molecule has 2 aromatic carbocycles. The fraction of sp³-hybridized carbons (Fsp3) is 0.320. The molecule has 0 aromatic heterocycles. The average Bonchev–Trinajstić information content (AvgIpc) is 3.08. The third-order valence-corrected chi connectivity index (χ3v) is 6.06. The lowest BCUT2D eigenvalue weighted by Gasteiger charge is -2.32. The van der Waals surface area contributed by atoms with Gasteiger partial charge in [0, 0.05) is 24.7 Å². The molecule has 1 fully saturated rings. The Morgan fingerprint density at radius 1 is 1.00 bits per heavy atom. The van der Waals surface area contributed by atoms with E-state index in [9.17, 15) is 14.4 Å². The third kappa shape index (κ3) is 4.38. The van der Waals surface area contributed by atoms with Gasteiger partial charge in [-0.05, 0) is 55.5 Å². The van der Waals surface area contributed by atoms with E-state index < -0.39 is 0 Å². The van der Waals surface area contributed by atoms with Gasteiger partial charge >= 0.3 is 0 Å². The molecule has 4 rings (SSSR count). The molecule has 160 valence electrons. The Morgan fingerprint density at radius 2 is 1.65 bits per heavy atom. The molecule has 0 saturated carbocycles. The lowest BCUT2D eigenvalue weighted by molar-refractivity contribution is -0.121. The van der Waals surface area contributed by atoms with Crippen molar-refractivity contribution in [2.24, 2.45) is 5.92 Å². The number of nitrogens with one attached hydrogen (secondary N) is 1. The Morgan fingerprint density at radius 3 is 2.29 bits per heavy atom. The van der Waals surface area contributed by atoms with Crippen LogP contribution in [-0.2, 0) is 9.59 Å². The molecule has 0 spiro atoms. The van der Waals surface area contributed by atoms with Crippen molar-refractivity contribution < 1.29 is 14.4 Å². The summed E-state index contributed by atoms with van der Waals surface area (Å²) in [5, 5.41) is 2.97. The second-order valence-electron chi connectivity index (χ2n) is 8.33. The van der Waals surface area contributed by atoms with E-state index in [1.54, 1.807) is 24.3 Å². The molecule has 3 amide bonds. The SMILES string of the molecule is CC1CCN(C2=CC(=O)N(c3ccc(C(=O)N[C@H](C)c4ccccc4)cc3)C2=O)CC1. The standard InChI is InChI=1S/C25H27N3O3/c1-17-12-14-27(15-13-17)22-16-23(29)28(25(22)31)21-10-8-20(9-11-21)24(30)26-18(2)19-6-4-3-5-7-19/h3-11,16-18H,12-15H2,1-2H3,(H,26,30)/t18-/m1/s1. The van der Waals surface area contributed by atoms with Crippen molar-refractivity contribution in [2.75, 3.05) is 18.0 Å². The molecule has 6 heteroatoms. The van der Waals surface area contributed by atoms with Crippen LogP contribution in [0.25, 0.3) is 0 Å². The van der Waals surface area contributed by atoms with Crippen molar-refractivity contribution in [3.05, 3.63) is 77.5 Å². The zero-order valence-corrected chi connectivity index (χ0v) is 17.9. The second-order valence-corrected chi connectivity index (χ2v) is 8.33.